The van der Waals surface area contributed by atoms with Gasteiger partial charge in [0.05, 0.1) is 13.7 Å². The van der Waals surface area contributed by atoms with Crippen molar-refractivity contribution in [2.45, 2.75) is 12.8 Å². The van der Waals surface area contributed by atoms with Gasteiger partial charge in [0.25, 0.3) is 0 Å². The first-order chi connectivity index (χ1) is 10.7. The van der Waals surface area contributed by atoms with E-state index in [1.807, 2.05) is 12.1 Å². The molecule has 0 aliphatic rings. The molecular formula is C16H20AcO5S. The first kappa shape index (κ1) is 20.8. The second-order valence-corrected chi connectivity index (χ2v) is 5.70. The molecule has 2 aromatic rings. The molecule has 5 nitrogen and oxygen atoms in total. The zero-order chi connectivity index (χ0) is 15.9. The van der Waals surface area contributed by atoms with Gasteiger partial charge in [-0.15, -0.1) is 0 Å². The number of hydrogen-bond donors (Lipinski definition) is 1. The summed E-state index contributed by atoms with van der Waals surface area (Å²) in [6.07, 6.45) is 3.39. The normalized spacial score (nSPS) is 10.4. The number of aryl methyl sites for hydroxylation is 1. The van der Waals surface area contributed by atoms with E-state index >= 15 is 0 Å². The smallest absolute Gasteiger partial charge is 0.343 e. The summed E-state index contributed by atoms with van der Waals surface area (Å²) >= 11 is 1.76. The van der Waals surface area contributed by atoms with Crippen LogP contribution in [0.25, 0.3) is 11.0 Å². The van der Waals surface area contributed by atoms with Crippen LogP contribution in [0.5, 0.6) is 5.75 Å². The fraction of sp³-hybridized carbons (Fsp3) is 0.438. The fourth-order valence-electron chi connectivity index (χ4n) is 2.28. The molecule has 1 aromatic carbocycles. The van der Waals surface area contributed by atoms with Gasteiger partial charge in [-0.25, -0.2) is 4.79 Å². The number of carbonyl (C=O) groups is 1. The van der Waals surface area contributed by atoms with Crippen LogP contribution in [0.1, 0.15) is 11.3 Å². The van der Waals surface area contributed by atoms with Crippen molar-refractivity contribution < 1.29 is 67.9 Å². The molecule has 1 aromatic heterocycles. The van der Waals surface area contributed by atoms with Crippen molar-refractivity contribution in [2.24, 2.45) is 0 Å². The van der Waals surface area contributed by atoms with E-state index in [-0.39, 0.29) is 57.3 Å². The summed E-state index contributed by atoms with van der Waals surface area (Å²) in [6.45, 7) is -0.129. The molecule has 123 valence electrons. The number of benzene rings is 1. The molecule has 1 N–H and O–H groups in total. The zero-order valence-electron chi connectivity index (χ0n) is 13.3. The number of methoxy groups -OCH3 is 1. The second-order valence-electron chi connectivity index (χ2n) is 4.72. The van der Waals surface area contributed by atoms with Crippen LogP contribution >= 0.6 is 11.8 Å². The summed E-state index contributed by atoms with van der Waals surface area (Å²) in [5.41, 5.74) is 1.72. The minimum Gasteiger partial charge on any atom is -0.478 e. The van der Waals surface area contributed by atoms with E-state index in [9.17, 15) is 9.90 Å². The first-order valence-corrected chi connectivity index (χ1v) is 8.43. The Hall–Kier alpha value is -0.218. The summed E-state index contributed by atoms with van der Waals surface area (Å²) in [7, 11) is 1.32. The van der Waals surface area contributed by atoms with Crippen LogP contribution in [0.4, 0.5) is 0 Å². The maximum atomic E-state index is 11.2. The van der Waals surface area contributed by atoms with Gasteiger partial charge in [-0.2, -0.15) is 11.8 Å². The average molecular weight is 551 g/mol. The van der Waals surface area contributed by atoms with Crippen LogP contribution in [0.15, 0.2) is 22.6 Å². The molecule has 0 atom stereocenters. The Morgan fingerprint density at radius 1 is 1.35 bits per heavy atom. The average Bonchev–Trinajstić information content (AvgIpc) is 2.88. The number of thioether (sulfide) groups is 1. The predicted octanol–water partition coefficient (Wildman–Crippen LogP) is 2.42. The molecule has 0 saturated carbocycles. The van der Waals surface area contributed by atoms with Gasteiger partial charge in [0.1, 0.15) is 5.76 Å². The van der Waals surface area contributed by atoms with Gasteiger partial charge in [0.15, 0.2) is 17.9 Å². The van der Waals surface area contributed by atoms with Crippen molar-refractivity contribution in [1.82, 2.24) is 0 Å². The van der Waals surface area contributed by atoms with E-state index in [0.717, 1.165) is 28.9 Å². The largest absolute Gasteiger partial charge is 0.478 e. The van der Waals surface area contributed by atoms with Gasteiger partial charge in [-0.3, -0.25) is 0 Å². The Balaban J connectivity index is 0.00000264. The van der Waals surface area contributed by atoms with Crippen molar-refractivity contribution in [3.63, 3.8) is 0 Å². The number of furan rings is 1. The molecule has 0 saturated heterocycles. The minimum atomic E-state index is -0.443. The number of fused-ring (bicyclic) bond motifs is 1. The molecule has 1 radical (unpaired) electrons. The molecule has 0 spiro atoms. The van der Waals surface area contributed by atoms with Crippen LogP contribution in [-0.4, -0.2) is 43.4 Å². The van der Waals surface area contributed by atoms with Crippen molar-refractivity contribution in [3.05, 3.63) is 29.5 Å². The summed E-state index contributed by atoms with van der Waals surface area (Å²) in [6, 6.07) is 5.60. The van der Waals surface area contributed by atoms with Crippen LogP contribution in [0.2, 0.25) is 0 Å². The van der Waals surface area contributed by atoms with Gasteiger partial charge in [-0.1, -0.05) is 12.1 Å². The molecule has 0 bridgehead atoms. The van der Waals surface area contributed by atoms with E-state index in [1.165, 1.54) is 7.11 Å². The summed E-state index contributed by atoms with van der Waals surface area (Å²) in [4.78, 5) is 11.2. The van der Waals surface area contributed by atoms with Crippen molar-refractivity contribution >= 4 is 28.7 Å². The molecule has 7 heteroatoms. The molecule has 0 unspecified atom stereocenters. The Labute approximate surface area is 175 Å². The zero-order valence-corrected chi connectivity index (χ0v) is 18.9. The number of aliphatic hydroxyl groups excluding tert-OH is 1. The topological polar surface area (TPSA) is 68.9 Å². The number of hydrogen-bond acceptors (Lipinski definition) is 6. The standard InChI is InChI=1S/C16H20O5S.Ac/c1-19-15(18)10-20-14-5-3-4-12-11(7-9-22-2)13(6-8-17)21-16(12)14;/h3-5,17H,6-10H2,1-2H3;. The number of rotatable bonds is 8. The van der Waals surface area contributed by atoms with E-state index in [2.05, 4.69) is 11.0 Å². The third-order valence-corrected chi connectivity index (χ3v) is 3.95. The van der Waals surface area contributed by atoms with Crippen LogP contribution in [0.3, 0.4) is 0 Å². The second kappa shape index (κ2) is 10.6. The number of aliphatic hydroxyl groups is 1. The first-order valence-electron chi connectivity index (χ1n) is 7.04. The van der Waals surface area contributed by atoms with E-state index in [4.69, 9.17) is 9.15 Å². The molecule has 1 heterocycles. The van der Waals surface area contributed by atoms with Gasteiger partial charge < -0.3 is 19.0 Å². The quantitative estimate of drug-likeness (QED) is 0.509. The van der Waals surface area contributed by atoms with Gasteiger partial charge in [-0.05, 0) is 24.5 Å². The van der Waals surface area contributed by atoms with E-state index in [0.29, 0.717) is 17.8 Å². The number of para-hydroxylation sites is 1. The molecule has 23 heavy (non-hydrogen) atoms. The fourth-order valence-corrected chi connectivity index (χ4v) is 2.69. The third-order valence-electron chi connectivity index (χ3n) is 3.33. The predicted molar refractivity (Wildman–Crippen MR) is 86.6 cm³/mol. The molecule has 0 amide bonds. The van der Waals surface area contributed by atoms with Crippen LogP contribution < -0.4 is 4.74 Å². The van der Waals surface area contributed by atoms with Gasteiger partial charge >= 0.3 is 5.97 Å². The summed E-state index contributed by atoms with van der Waals surface area (Å²) in [5.74, 6) is 1.82. The summed E-state index contributed by atoms with van der Waals surface area (Å²) in [5, 5.41) is 10.2. The number of carbonyl (C=O) groups excluding carboxylic acids is 1. The Kier molecular flexibility index (Phi) is 9.60. The molecule has 0 aliphatic carbocycles. The van der Waals surface area contributed by atoms with E-state index < -0.39 is 5.97 Å². The SMILES string of the molecule is COC(=O)COc1cccc2c(CCSC)c(CCO)oc12.[Ac]. The number of ether oxygens (including phenoxy) is 2. The number of esters is 1. The van der Waals surface area contributed by atoms with Gasteiger partial charge in [0, 0.05) is 61.4 Å². The maximum Gasteiger partial charge on any atom is 0.343 e. The Morgan fingerprint density at radius 3 is 2.78 bits per heavy atom. The monoisotopic (exact) mass is 551 g/mol. The third kappa shape index (κ3) is 5.39. The maximum absolute atomic E-state index is 11.2. The van der Waals surface area contributed by atoms with Crippen molar-refractivity contribution in [1.29, 1.82) is 0 Å². The van der Waals surface area contributed by atoms with Crippen LogP contribution in [-0.2, 0) is 22.4 Å². The Morgan fingerprint density at radius 2 is 2.13 bits per heavy atom. The van der Waals surface area contributed by atoms with Crippen molar-refractivity contribution in [2.75, 3.05) is 32.3 Å². The molecular weight excluding hydrogens is 531 g/mol. The summed E-state index contributed by atoms with van der Waals surface area (Å²) < 4.78 is 15.9. The Bertz CT molecular complexity index is 641. The minimum absolute atomic E-state index is 0. The van der Waals surface area contributed by atoms with E-state index in [1.54, 1.807) is 17.8 Å². The van der Waals surface area contributed by atoms with Gasteiger partial charge in [0.2, 0.25) is 0 Å². The molecule has 0 fully saturated rings. The van der Waals surface area contributed by atoms with Crippen molar-refractivity contribution in [3.8, 4) is 5.75 Å². The molecule has 0 aliphatic heterocycles. The van der Waals surface area contributed by atoms with Crippen LogP contribution in [0, 0.1) is 44.1 Å². The molecule has 2 rings (SSSR count).